The molecule has 4 nitrogen and oxygen atoms in total. The first-order valence-electron chi connectivity index (χ1n) is 8.31. The summed E-state index contributed by atoms with van der Waals surface area (Å²) < 4.78 is 0. The first kappa shape index (κ1) is 16.5. The summed E-state index contributed by atoms with van der Waals surface area (Å²) in [6, 6.07) is 7.25. The summed E-state index contributed by atoms with van der Waals surface area (Å²) >= 11 is 0. The summed E-state index contributed by atoms with van der Waals surface area (Å²) in [7, 11) is 0. The van der Waals surface area contributed by atoms with E-state index in [0.29, 0.717) is 12.0 Å². The molecule has 120 valence electrons. The Morgan fingerprint density at radius 3 is 2.41 bits per heavy atom. The molecule has 2 N–H and O–H groups in total. The molecular formula is C18H26N2O2. The predicted octanol–water partition coefficient (Wildman–Crippen LogP) is 3.51. The van der Waals surface area contributed by atoms with Gasteiger partial charge in [0.05, 0.1) is 0 Å². The molecule has 2 rings (SSSR count). The van der Waals surface area contributed by atoms with E-state index in [0.717, 1.165) is 24.3 Å². The maximum absolute atomic E-state index is 11.9. The van der Waals surface area contributed by atoms with Gasteiger partial charge in [0.2, 0.25) is 5.91 Å². The molecule has 1 fully saturated rings. The molecule has 0 radical (unpaired) electrons. The highest BCUT2D eigenvalue weighted by molar-refractivity contribution is 5.95. The van der Waals surface area contributed by atoms with Gasteiger partial charge in [0.25, 0.3) is 5.91 Å². The van der Waals surface area contributed by atoms with Crippen LogP contribution in [0.3, 0.4) is 0 Å². The zero-order valence-corrected chi connectivity index (χ0v) is 13.4. The van der Waals surface area contributed by atoms with Crippen molar-refractivity contribution in [3.8, 4) is 0 Å². The molecule has 0 aliphatic heterocycles. The predicted molar refractivity (Wildman–Crippen MR) is 87.2 cm³/mol. The molecule has 1 saturated carbocycles. The average Bonchev–Trinajstić information content (AvgIpc) is 2.54. The smallest absolute Gasteiger partial charge is 0.269 e. The number of hydrogen-bond acceptors (Lipinski definition) is 2. The molecule has 1 aromatic rings. The summed E-state index contributed by atoms with van der Waals surface area (Å²) in [5.74, 6) is 0.403. The number of hydrazine groups is 1. The third-order valence-electron chi connectivity index (χ3n) is 4.37. The van der Waals surface area contributed by atoms with Crippen LogP contribution in [0.1, 0.15) is 67.3 Å². The van der Waals surface area contributed by atoms with E-state index >= 15 is 0 Å². The Labute approximate surface area is 132 Å². The minimum atomic E-state index is -0.277. The maximum atomic E-state index is 11.9. The van der Waals surface area contributed by atoms with Crippen LogP contribution in [0.4, 0.5) is 0 Å². The number of nitrogens with one attached hydrogen (secondary N) is 2. The van der Waals surface area contributed by atoms with Crippen molar-refractivity contribution in [2.75, 3.05) is 0 Å². The second-order valence-electron chi connectivity index (χ2n) is 6.26. The van der Waals surface area contributed by atoms with Gasteiger partial charge in [-0.25, -0.2) is 0 Å². The number of aryl methyl sites for hydroxylation is 1. The zero-order chi connectivity index (χ0) is 15.8. The van der Waals surface area contributed by atoms with Gasteiger partial charge in [-0.15, -0.1) is 0 Å². The quantitative estimate of drug-likeness (QED) is 0.818. The van der Waals surface area contributed by atoms with Crippen molar-refractivity contribution in [1.82, 2.24) is 10.9 Å². The van der Waals surface area contributed by atoms with Gasteiger partial charge in [-0.1, -0.05) is 49.8 Å². The normalized spacial score (nSPS) is 15.3. The van der Waals surface area contributed by atoms with Gasteiger partial charge in [0.1, 0.15) is 0 Å². The minimum absolute atomic E-state index is 0.115. The average molecular weight is 302 g/mol. The SMILES string of the molecule is Cc1ccc(C(=O)NNC(=O)CCCC2CCCCC2)cc1. The molecule has 22 heavy (non-hydrogen) atoms. The van der Waals surface area contributed by atoms with Crippen molar-refractivity contribution in [1.29, 1.82) is 0 Å². The Morgan fingerprint density at radius 1 is 1.05 bits per heavy atom. The minimum Gasteiger partial charge on any atom is -0.273 e. The zero-order valence-electron chi connectivity index (χ0n) is 13.4. The number of carbonyl (C=O) groups excluding carboxylic acids is 2. The molecule has 0 atom stereocenters. The van der Waals surface area contributed by atoms with E-state index in [9.17, 15) is 9.59 Å². The number of amides is 2. The van der Waals surface area contributed by atoms with E-state index in [1.807, 2.05) is 19.1 Å². The fourth-order valence-electron chi connectivity index (χ4n) is 2.99. The van der Waals surface area contributed by atoms with E-state index in [2.05, 4.69) is 10.9 Å². The first-order valence-corrected chi connectivity index (χ1v) is 8.31. The molecule has 1 aliphatic rings. The van der Waals surface area contributed by atoms with Crippen LogP contribution in [0.15, 0.2) is 24.3 Å². The summed E-state index contributed by atoms with van der Waals surface area (Å²) in [4.78, 5) is 23.6. The Hall–Kier alpha value is -1.84. The van der Waals surface area contributed by atoms with E-state index in [1.54, 1.807) is 12.1 Å². The fraction of sp³-hybridized carbons (Fsp3) is 0.556. The number of carbonyl (C=O) groups is 2. The van der Waals surface area contributed by atoms with Gasteiger partial charge >= 0.3 is 0 Å². The van der Waals surface area contributed by atoms with E-state index < -0.39 is 0 Å². The highest BCUT2D eigenvalue weighted by atomic mass is 16.2. The first-order chi connectivity index (χ1) is 10.6. The van der Waals surface area contributed by atoms with Crippen molar-refractivity contribution in [2.45, 2.75) is 58.3 Å². The van der Waals surface area contributed by atoms with Crippen molar-refractivity contribution >= 4 is 11.8 Å². The lowest BCUT2D eigenvalue weighted by molar-refractivity contribution is -0.122. The van der Waals surface area contributed by atoms with E-state index in [1.165, 1.54) is 32.1 Å². The molecule has 0 unspecified atom stereocenters. The topological polar surface area (TPSA) is 58.2 Å². The highest BCUT2D eigenvalue weighted by Gasteiger charge is 2.14. The van der Waals surface area contributed by atoms with E-state index in [4.69, 9.17) is 0 Å². The molecule has 2 amide bonds. The van der Waals surface area contributed by atoms with Crippen LogP contribution in [-0.2, 0) is 4.79 Å². The fourth-order valence-corrected chi connectivity index (χ4v) is 2.99. The standard InChI is InChI=1S/C18H26N2O2/c1-14-10-12-16(13-11-14)18(22)20-19-17(21)9-5-8-15-6-3-2-4-7-15/h10-13,15H,2-9H2,1H3,(H,19,21)(H,20,22). The number of rotatable bonds is 5. The largest absolute Gasteiger partial charge is 0.273 e. The Kier molecular flexibility index (Phi) is 6.44. The van der Waals surface area contributed by atoms with E-state index in [-0.39, 0.29) is 11.8 Å². The van der Waals surface area contributed by atoms with Crippen LogP contribution in [-0.4, -0.2) is 11.8 Å². The summed E-state index contributed by atoms with van der Waals surface area (Å²) in [6.07, 6.45) is 9.16. The van der Waals surface area contributed by atoms with Crippen LogP contribution >= 0.6 is 0 Å². The second kappa shape index (κ2) is 8.57. The molecule has 0 bridgehead atoms. The van der Waals surface area contributed by atoms with Crippen LogP contribution in [0.25, 0.3) is 0 Å². The molecule has 0 saturated heterocycles. The lowest BCUT2D eigenvalue weighted by Gasteiger charge is -2.21. The number of benzene rings is 1. The van der Waals surface area contributed by atoms with Gasteiger partial charge in [-0.3, -0.25) is 20.4 Å². The Morgan fingerprint density at radius 2 is 1.73 bits per heavy atom. The summed E-state index contributed by atoms with van der Waals surface area (Å²) in [5, 5.41) is 0. The Balaban J connectivity index is 1.62. The van der Waals surface area contributed by atoms with Gasteiger partial charge in [-0.05, 0) is 37.8 Å². The maximum Gasteiger partial charge on any atom is 0.269 e. The lowest BCUT2D eigenvalue weighted by Crippen LogP contribution is -2.41. The van der Waals surface area contributed by atoms with Gasteiger partial charge in [0, 0.05) is 12.0 Å². The van der Waals surface area contributed by atoms with Crippen LogP contribution in [0, 0.1) is 12.8 Å². The van der Waals surface area contributed by atoms with Crippen LogP contribution in [0.2, 0.25) is 0 Å². The van der Waals surface area contributed by atoms with Crippen molar-refractivity contribution in [3.05, 3.63) is 35.4 Å². The van der Waals surface area contributed by atoms with Crippen LogP contribution < -0.4 is 10.9 Å². The molecule has 0 aromatic heterocycles. The van der Waals surface area contributed by atoms with Crippen molar-refractivity contribution in [3.63, 3.8) is 0 Å². The third-order valence-corrected chi connectivity index (χ3v) is 4.37. The van der Waals surface area contributed by atoms with Gasteiger partial charge < -0.3 is 0 Å². The van der Waals surface area contributed by atoms with Crippen LogP contribution in [0.5, 0.6) is 0 Å². The Bertz CT molecular complexity index is 490. The van der Waals surface area contributed by atoms with Crippen molar-refractivity contribution < 1.29 is 9.59 Å². The number of hydrogen-bond donors (Lipinski definition) is 2. The van der Waals surface area contributed by atoms with Crippen molar-refractivity contribution in [2.24, 2.45) is 5.92 Å². The highest BCUT2D eigenvalue weighted by Crippen LogP contribution is 2.27. The molecule has 1 aliphatic carbocycles. The van der Waals surface area contributed by atoms with Gasteiger partial charge in [-0.2, -0.15) is 0 Å². The van der Waals surface area contributed by atoms with Gasteiger partial charge in [0.15, 0.2) is 0 Å². The molecular weight excluding hydrogens is 276 g/mol. The summed E-state index contributed by atoms with van der Waals surface area (Å²) in [6.45, 7) is 1.97. The molecule has 0 spiro atoms. The molecule has 4 heteroatoms. The monoisotopic (exact) mass is 302 g/mol. The molecule has 0 heterocycles. The lowest BCUT2D eigenvalue weighted by atomic mass is 9.86. The summed E-state index contributed by atoms with van der Waals surface area (Å²) in [5.41, 5.74) is 6.61. The third kappa shape index (κ3) is 5.51. The molecule has 1 aromatic carbocycles. The second-order valence-corrected chi connectivity index (χ2v) is 6.26.